The fraction of sp³-hybridized carbons (Fsp3) is 0.364. The van der Waals surface area contributed by atoms with Crippen LogP contribution in [0.25, 0.3) is 10.9 Å². The molecule has 148 valence electrons. The molecular weight excluding hydrogens is 361 g/mol. The van der Waals surface area contributed by atoms with Gasteiger partial charge in [0.25, 0.3) is 0 Å². The van der Waals surface area contributed by atoms with Gasteiger partial charge in [0.1, 0.15) is 11.6 Å². The summed E-state index contributed by atoms with van der Waals surface area (Å²) in [4.78, 5) is 0. The molecule has 1 aliphatic rings. The number of hydrogen-bond donors (Lipinski definition) is 2. The van der Waals surface area contributed by atoms with Gasteiger partial charge in [-0.15, -0.1) is 0 Å². The number of rotatable bonds is 5. The number of methoxy groups -OCH3 is 1. The van der Waals surface area contributed by atoms with Crippen molar-refractivity contribution in [1.82, 2.24) is 4.57 Å². The highest BCUT2D eigenvalue weighted by Crippen LogP contribution is 2.37. The first-order valence-corrected chi connectivity index (χ1v) is 9.43. The molecule has 1 aromatic heterocycles. The van der Waals surface area contributed by atoms with Gasteiger partial charge in [-0.1, -0.05) is 18.2 Å². The van der Waals surface area contributed by atoms with Crippen LogP contribution >= 0.6 is 0 Å². The Bertz CT molecular complexity index is 953. The maximum Gasteiger partial charge on any atom is 0.132 e. The number of ether oxygens (including phenoxy) is 2. The third-order valence-corrected chi connectivity index (χ3v) is 5.32. The lowest BCUT2D eigenvalue weighted by molar-refractivity contribution is -0.113. The van der Waals surface area contributed by atoms with Gasteiger partial charge in [-0.25, -0.2) is 4.39 Å². The zero-order chi connectivity index (χ0) is 19.7. The van der Waals surface area contributed by atoms with Crippen molar-refractivity contribution in [3.8, 4) is 5.75 Å². The number of hydrogen-bond acceptors (Lipinski definition) is 4. The van der Waals surface area contributed by atoms with Crippen LogP contribution in [0.2, 0.25) is 0 Å². The van der Waals surface area contributed by atoms with Gasteiger partial charge in [0, 0.05) is 36.5 Å². The van der Waals surface area contributed by atoms with Crippen molar-refractivity contribution in [2.75, 3.05) is 13.7 Å². The maximum absolute atomic E-state index is 14.7. The highest BCUT2D eigenvalue weighted by atomic mass is 19.1. The first-order chi connectivity index (χ1) is 13.6. The van der Waals surface area contributed by atoms with Gasteiger partial charge in [-0.05, 0) is 29.8 Å². The first kappa shape index (κ1) is 18.9. The van der Waals surface area contributed by atoms with Crippen molar-refractivity contribution in [1.29, 1.82) is 0 Å². The SMILES string of the molecule is COc1ccc(Cn2cc([C@H]3C[C@@H](O)C[C@@H](CO)O3)c3c(F)cccc32)cc1. The van der Waals surface area contributed by atoms with Crippen LogP contribution in [0.1, 0.15) is 30.1 Å². The van der Waals surface area contributed by atoms with E-state index in [0.29, 0.717) is 30.3 Å². The third kappa shape index (κ3) is 3.63. The fourth-order valence-corrected chi connectivity index (χ4v) is 3.95. The third-order valence-electron chi connectivity index (χ3n) is 5.32. The lowest BCUT2D eigenvalue weighted by Crippen LogP contribution is -2.33. The van der Waals surface area contributed by atoms with Crippen molar-refractivity contribution in [2.45, 2.75) is 37.7 Å². The molecule has 2 heterocycles. The van der Waals surface area contributed by atoms with E-state index >= 15 is 0 Å². The second-order valence-electron chi connectivity index (χ2n) is 7.25. The molecule has 1 fully saturated rings. The molecule has 6 heteroatoms. The Kier molecular flexibility index (Phi) is 5.35. The molecule has 28 heavy (non-hydrogen) atoms. The molecule has 0 radical (unpaired) electrons. The van der Waals surface area contributed by atoms with Gasteiger partial charge in [-0.3, -0.25) is 0 Å². The van der Waals surface area contributed by atoms with Gasteiger partial charge in [0.15, 0.2) is 0 Å². The lowest BCUT2D eigenvalue weighted by Gasteiger charge is -2.32. The smallest absolute Gasteiger partial charge is 0.132 e. The Hall–Kier alpha value is -2.41. The normalized spacial score (nSPS) is 22.5. The summed E-state index contributed by atoms with van der Waals surface area (Å²) in [5.74, 6) is 0.470. The number of nitrogens with zero attached hydrogens (tertiary/aromatic N) is 1. The van der Waals surface area contributed by atoms with E-state index in [1.165, 1.54) is 6.07 Å². The molecule has 0 bridgehead atoms. The van der Waals surface area contributed by atoms with Crippen molar-refractivity contribution >= 4 is 10.9 Å². The fourth-order valence-electron chi connectivity index (χ4n) is 3.95. The second-order valence-corrected chi connectivity index (χ2v) is 7.25. The lowest BCUT2D eigenvalue weighted by atomic mass is 9.96. The molecule has 1 saturated heterocycles. The first-order valence-electron chi connectivity index (χ1n) is 9.43. The Morgan fingerprint density at radius 1 is 1.18 bits per heavy atom. The van der Waals surface area contributed by atoms with Gasteiger partial charge < -0.3 is 24.3 Å². The molecule has 2 aromatic carbocycles. The van der Waals surface area contributed by atoms with Crippen molar-refractivity contribution in [2.24, 2.45) is 0 Å². The van der Waals surface area contributed by atoms with Gasteiger partial charge >= 0.3 is 0 Å². The molecule has 0 aliphatic carbocycles. The van der Waals surface area contributed by atoms with Gasteiger partial charge in [-0.2, -0.15) is 0 Å². The quantitative estimate of drug-likeness (QED) is 0.707. The Morgan fingerprint density at radius 2 is 1.96 bits per heavy atom. The average molecular weight is 385 g/mol. The topological polar surface area (TPSA) is 63.9 Å². The summed E-state index contributed by atoms with van der Waals surface area (Å²) in [6, 6.07) is 12.8. The summed E-state index contributed by atoms with van der Waals surface area (Å²) in [5, 5.41) is 20.1. The van der Waals surface area contributed by atoms with Gasteiger partial charge in [0.2, 0.25) is 0 Å². The van der Waals surface area contributed by atoms with Crippen LogP contribution in [0.15, 0.2) is 48.7 Å². The highest BCUT2D eigenvalue weighted by molar-refractivity contribution is 5.85. The van der Waals surface area contributed by atoms with E-state index in [1.54, 1.807) is 13.2 Å². The predicted molar refractivity (Wildman–Crippen MR) is 104 cm³/mol. The molecule has 0 amide bonds. The van der Waals surface area contributed by atoms with Crippen LogP contribution in [0.3, 0.4) is 0 Å². The second kappa shape index (κ2) is 7.91. The number of aliphatic hydroxyl groups is 2. The standard InChI is InChI=1S/C22H24FNO4/c1-27-16-7-5-14(6-8-16)11-24-12-18(22-19(23)3-2-4-20(22)24)21-10-15(26)9-17(13-25)28-21/h2-8,12,15,17,21,25-26H,9-11,13H2,1H3/t15-,17-,21+/m0/s1. The Labute approximate surface area is 162 Å². The molecular formula is C22H24FNO4. The minimum Gasteiger partial charge on any atom is -0.497 e. The van der Waals surface area contributed by atoms with Crippen LogP contribution in [-0.2, 0) is 11.3 Å². The van der Waals surface area contributed by atoms with E-state index in [1.807, 2.05) is 41.1 Å². The Morgan fingerprint density at radius 3 is 2.68 bits per heavy atom. The predicted octanol–water partition coefficient (Wildman–Crippen LogP) is 3.41. The van der Waals surface area contributed by atoms with Crippen molar-refractivity contribution < 1.29 is 24.1 Å². The number of benzene rings is 2. The minimum absolute atomic E-state index is 0.166. The van der Waals surface area contributed by atoms with Crippen LogP contribution < -0.4 is 4.74 Å². The summed E-state index contributed by atoms with van der Waals surface area (Å²) in [6.07, 6.45) is 1.18. The molecule has 0 unspecified atom stereocenters. The molecule has 3 aromatic rings. The largest absolute Gasteiger partial charge is 0.497 e. The molecule has 2 N–H and O–H groups in total. The number of aromatic nitrogens is 1. The molecule has 0 saturated carbocycles. The van der Waals surface area contributed by atoms with Crippen LogP contribution in [0.5, 0.6) is 5.75 Å². The van der Waals surface area contributed by atoms with E-state index in [-0.39, 0.29) is 12.4 Å². The molecule has 3 atom stereocenters. The number of halogens is 1. The number of fused-ring (bicyclic) bond motifs is 1. The molecule has 0 spiro atoms. The van der Waals surface area contributed by atoms with E-state index in [0.717, 1.165) is 16.8 Å². The number of aliphatic hydroxyl groups excluding tert-OH is 2. The summed E-state index contributed by atoms with van der Waals surface area (Å²) < 4.78 is 27.9. The maximum atomic E-state index is 14.7. The van der Waals surface area contributed by atoms with Crippen molar-refractivity contribution in [3.05, 3.63) is 65.6 Å². The summed E-state index contributed by atoms with van der Waals surface area (Å²) >= 11 is 0. The average Bonchev–Trinajstić information content (AvgIpc) is 3.08. The van der Waals surface area contributed by atoms with Crippen molar-refractivity contribution in [3.63, 3.8) is 0 Å². The van der Waals surface area contributed by atoms with Crippen LogP contribution in [0, 0.1) is 5.82 Å². The van der Waals surface area contributed by atoms with Crippen LogP contribution in [0.4, 0.5) is 4.39 Å². The van der Waals surface area contributed by atoms with E-state index in [9.17, 15) is 14.6 Å². The molecule has 1 aliphatic heterocycles. The summed E-state index contributed by atoms with van der Waals surface area (Å²) in [6.45, 7) is 0.406. The van der Waals surface area contributed by atoms with Crippen LogP contribution in [-0.4, -0.2) is 40.7 Å². The van der Waals surface area contributed by atoms with E-state index in [4.69, 9.17) is 9.47 Å². The zero-order valence-corrected chi connectivity index (χ0v) is 15.7. The minimum atomic E-state index is -0.581. The zero-order valence-electron chi connectivity index (χ0n) is 15.7. The van der Waals surface area contributed by atoms with E-state index in [2.05, 4.69) is 0 Å². The highest BCUT2D eigenvalue weighted by Gasteiger charge is 2.31. The van der Waals surface area contributed by atoms with E-state index < -0.39 is 18.3 Å². The summed E-state index contributed by atoms with van der Waals surface area (Å²) in [7, 11) is 1.63. The molecule has 4 rings (SSSR count). The monoisotopic (exact) mass is 385 g/mol. The summed E-state index contributed by atoms with van der Waals surface area (Å²) in [5.41, 5.74) is 2.54. The molecule has 5 nitrogen and oxygen atoms in total. The Balaban J connectivity index is 1.73. The van der Waals surface area contributed by atoms with Gasteiger partial charge in [0.05, 0.1) is 37.5 Å².